The lowest BCUT2D eigenvalue weighted by Gasteiger charge is -2.68. The van der Waals surface area contributed by atoms with E-state index in [1.165, 1.54) is 12.7 Å². The maximum absolute atomic E-state index is 12.9. The summed E-state index contributed by atoms with van der Waals surface area (Å²) in [5.74, 6) is -1.74. The number of methoxy groups -OCH3 is 1. The zero-order valence-electron chi connectivity index (χ0n) is 24.2. The third-order valence-corrected chi connectivity index (χ3v) is 12.1. The molecule has 0 bridgehead atoms. The number of hydrogen-bond donors (Lipinski definition) is 2. The van der Waals surface area contributed by atoms with Crippen molar-refractivity contribution in [2.75, 3.05) is 7.11 Å². The van der Waals surface area contributed by atoms with Gasteiger partial charge in [0.25, 0.3) is 0 Å². The molecule has 3 saturated carbocycles. The summed E-state index contributed by atoms with van der Waals surface area (Å²) in [6, 6.07) is 0. The molecule has 0 saturated heterocycles. The quantitative estimate of drug-likeness (QED) is 0.310. The average Bonchev–Trinajstić information content (AvgIpc) is 2.77. The molecule has 6 heteroatoms. The number of esters is 1. The van der Waals surface area contributed by atoms with Crippen LogP contribution in [-0.4, -0.2) is 35.2 Å². The molecule has 208 valence electrons. The molecule has 4 aliphatic carbocycles. The minimum Gasteiger partial charge on any atom is -0.481 e. The highest BCUT2D eigenvalue weighted by molar-refractivity contribution is 5.77. The van der Waals surface area contributed by atoms with Gasteiger partial charge in [-0.15, -0.1) is 0 Å². The van der Waals surface area contributed by atoms with Crippen molar-refractivity contribution in [2.45, 2.75) is 106 Å². The summed E-state index contributed by atoms with van der Waals surface area (Å²) >= 11 is 0. The lowest BCUT2D eigenvalue weighted by molar-refractivity contribution is -0.182. The van der Waals surface area contributed by atoms with Crippen LogP contribution in [0.2, 0.25) is 0 Å². The predicted molar refractivity (Wildman–Crippen MR) is 142 cm³/mol. The molecular formula is C31H48O6. The number of carbonyl (C=O) groups excluding carboxylic acids is 1. The number of hydrogen-bond acceptors (Lipinski definition) is 4. The van der Waals surface area contributed by atoms with Crippen LogP contribution in [-0.2, 0) is 19.1 Å². The summed E-state index contributed by atoms with van der Waals surface area (Å²) in [4.78, 5) is 38.0. The molecule has 0 heterocycles. The minimum absolute atomic E-state index is 0.0118. The lowest BCUT2D eigenvalue weighted by atomic mass is 9.35. The summed E-state index contributed by atoms with van der Waals surface area (Å²) < 4.78 is 5.19. The first-order valence-electron chi connectivity index (χ1n) is 14.2. The first kappa shape index (κ1) is 28.2. The van der Waals surface area contributed by atoms with Gasteiger partial charge in [0.05, 0.1) is 24.4 Å². The van der Waals surface area contributed by atoms with E-state index in [0.717, 1.165) is 38.5 Å². The van der Waals surface area contributed by atoms with Crippen LogP contribution >= 0.6 is 0 Å². The Balaban J connectivity index is 1.83. The zero-order chi connectivity index (χ0) is 27.8. The standard InChI is InChI=1S/C31H48O6/c1-26(2)15-16-31(24(34)35)14-11-20-28(5)12-9-19(27(3,4)25(36)37-8)30(7,18-23(32)33)21(28)10-13-29(20,6)22(31)17-26/h11,19,21-22H,9-10,12-18H2,1-8H3,(H,32,33)(H,34,35)/t19?,21?,22?,28-,29+,30-,31+/m0/s1. The molecule has 0 aliphatic heterocycles. The monoisotopic (exact) mass is 516 g/mol. The highest BCUT2D eigenvalue weighted by atomic mass is 16.5. The average molecular weight is 517 g/mol. The number of ether oxygens (including phenoxy) is 1. The van der Waals surface area contributed by atoms with Crippen LogP contribution in [0.5, 0.6) is 0 Å². The molecule has 4 aliphatic rings. The van der Waals surface area contributed by atoms with Gasteiger partial charge in [0.2, 0.25) is 0 Å². The number of aliphatic carboxylic acids is 2. The normalized spacial score (nSPS) is 42.9. The summed E-state index contributed by atoms with van der Waals surface area (Å²) in [5.41, 5.74) is -1.10. The van der Waals surface area contributed by atoms with Crippen LogP contribution in [0.1, 0.15) is 106 Å². The third kappa shape index (κ3) is 3.90. The second kappa shape index (κ2) is 8.58. The van der Waals surface area contributed by atoms with E-state index in [-0.39, 0.29) is 46.4 Å². The molecule has 3 fully saturated rings. The third-order valence-electron chi connectivity index (χ3n) is 12.1. The van der Waals surface area contributed by atoms with E-state index in [9.17, 15) is 24.6 Å². The molecule has 6 nitrogen and oxygen atoms in total. The molecule has 0 aromatic heterocycles. The Morgan fingerprint density at radius 3 is 2.11 bits per heavy atom. The van der Waals surface area contributed by atoms with Gasteiger partial charge < -0.3 is 14.9 Å². The highest BCUT2D eigenvalue weighted by Crippen LogP contribution is 2.74. The molecule has 2 N–H and O–H groups in total. The van der Waals surface area contributed by atoms with E-state index in [1.54, 1.807) is 0 Å². The van der Waals surface area contributed by atoms with Crippen LogP contribution in [0.15, 0.2) is 11.6 Å². The smallest absolute Gasteiger partial charge is 0.311 e. The Morgan fingerprint density at radius 2 is 1.54 bits per heavy atom. The zero-order valence-corrected chi connectivity index (χ0v) is 24.2. The summed E-state index contributed by atoms with van der Waals surface area (Å²) in [7, 11) is 1.41. The van der Waals surface area contributed by atoms with Crippen LogP contribution in [0, 0.1) is 50.2 Å². The second-order valence-corrected chi connectivity index (χ2v) is 15.0. The Bertz CT molecular complexity index is 1020. The molecule has 0 amide bonds. The van der Waals surface area contributed by atoms with Gasteiger partial charge in [-0.05, 0) is 105 Å². The van der Waals surface area contributed by atoms with Crippen molar-refractivity contribution in [3.05, 3.63) is 11.6 Å². The molecule has 7 atom stereocenters. The molecule has 4 rings (SSSR count). The van der Waals surface area contributed by atoms with Gasteiger partial charge in [0.1, 0.15) is 0 Å². The van der Waals surface area contributed by atoms with E-state index >= 15 is 0 Å². The van der Waals surface area contributed by atoms with Crippen molar-refractivity contribution in [3.63, 3.8) is 0 Å². The number of carboxylic acid groups (broad SMARTS) is 2. The Morgan fingerprint density at radius 1 is 0.946 bits per heavy atom. The topological polar surface area (TPSA) is 101 Å². The van der Waals surface area contributed by atoms with Crippen LogP contribution in [0.3, 0.4) is 0 Å². The molecule has 3 unspecified atom stereocenters. The van der Waals surface area contributed by atoms with Crippen LogP contribution < -0.4 is 0 Å². The minimum atomic E-state index is -0.831. The summed E-state index contributed by atoms with van der Waals surface area (Å²) in [6.45, 7) is 15.1. The number of allylic oxidation sites excluding steroid dienone is 2. The fraction of sp³-hybridized carbons (Fsp3) is 0.839. The van der Waals surface area contributed by atoms with E-state index in [1.807, 2.05) is 13.8 Å². The SMILES string of the molecule is COC(=O)C(C)(C)C1CC[C@@]2(C)C3=CC[C@@]4(C(=O)O)CCC(C)(C)CC4[C@]3(C)CCC2[C@@]1(C)CC(=O)O. The summed E-state index contributed by atoms with van der Waals surface area (Å²) in [6.07, 6.45) is 8.69. The molecule has 0 radical (unpaired) electrons. The Labute approximate surface area is 222 Å². The number of rotatable bonds is 5. The second-order valence-electron chi connectivity index (χ2n) is 15.0. The van der Waals surface area contributed by atoms with E-state index in [4.69, 9.17) is 4.74 Å². The molecule has 0 aromatic rings. The van der Waals surface area contributed by atoms with Crippen molar-refractivity contribution in [3.8, 4) is 0 Å². The van der Waals surface area contributed by atoms with E-state index in [2.05, 4.69) is 40.7 Å². The van der Waals surface area contributed by atoms with Crippen LogP contribution in [0.25, 0.3) is 0 Å². The molecular weight excluding hydrogens is 468 g/mol. The first-order valence-corrected chi connectivity index (χ1v) is 14.2. The van der Waals surface area contributed by atoms with Crippen molar-refractivity contribution in [1.82, 2.24) is 0 Å². The number of carbonyl (C=O) groups is 3. The van der Waals surface area contributed by atoms with Crippen molar-refractivity contribution in [2.24, 2.45) is 50.2 Å². The van der Waals surface area contributed by atoms with Crippen LogP contribution in [0.4, 0.5) is 0 Å². The number of carboxylic acids is 2. The fourth-order valence-corrected chi connectivity index (χ4v) is 10.4. The predicted octanol–water partition coefficient (Wildman–Crippen LogP) is 6.73. The van der Waals surface area contributed by atoms with Gasteiger partial charge in [0.15, 0.2) is 0 Å². The van der Waals surface area contributed by atoms with Crippen molar-refractivity contribution >= 4 is 17.9 Å². The fourth-order valence-electron chi connectivity index (χ4n) is 10.4. The van der Waals surface area contributed by atoms with E-state index < -0.39 is 28.2 Å². The Kier molecular flexibility index (Phi) is 6.53. The van der Waals surface area contributed by atoms with Crippen molar-refractivity contribution < 1.29 is 29.3 Å². The lowest BCUT2D eigenvalue weighted by Crippen LogP contribution is -2.62. The maximum atomic E-state index is 12.9. The first-order chi connectivity index (χ1) is 16.9. The largest absolute Gasteiger partial charge is 0.481 e. The van der Waals surface area contributed by atoms with Gasteiger partial charge in [-0.25, -0.2) is 0 Å². The molecule has 0 spiro atoms. The Hall–Kier alpha value is -1.85. The summed E-state index contributed by atoms with van der Waals surface area (Å²) in [5, 5.41) is 20.6. The molecule has 0 aromatic carbocycles. The van der Waals surface area contributed by atoms with Crippen molar-refractivity contribution in [1.29, 1.82) is 0 Å². The van der Waals surface area contributed by atoms with Gasteiger partial charge >= 0.3 is 17.9 Å². The van der Waals surface area contributed by atoms with Gasteiger partial charge in [-0.2, -0.15) is 0 Å². The van der Waals surface area contributed by atoms with Gasteiger partial charge in [0, 0.05) is 0 Å². The van der Waals surface area contributed by atoms with Gasteiger partial charge in [-0.1, -0.05) is 46.3 Å². The van der Waals surface area contributed by atoms with Gasteiger partial charge in [-0.3, -0.25) is 14.4 Å². The number of fused-ring (bicyclic) bond motifs is 5. The maximum Gasteiger partial charge on any atom is 0.311 e. The van der Waals surface area contributed by atoms with E-state index in [0.29, 0.717) is 12.8 Å². The molecule has 37 heavy (non-hydrogen) atoms. The highest BCUT2D eigenvalue weighted by Gasteiger charge is 2.68.